The zero-order valence-corrected chi connectivity index (χ0v) is 18.0. The second kappa shape index (κ2) is 7.31. The van der Waals surface area contributed by atoms with Crippen LogP contribution in [0.5, 0.6) is 0 Å². The maximum Gasteiger partial charge on any atom is 0.0944 e. The predicted molar refractivity (Wildman–Crippen MR) is 120 cm³/mol. The van der Waals surface area contributed by atoms with Crippen molar-refractivity contribution in [1.82, 2.24) is 9.13 Å². The molecular weight excluding hydrogens is 382 g/mol. The van der Waals surface area contributed by atoms with Crippen molar-refractivity contribution >= 4 is 28.7 Å². The largest absolute Gasteiger partial charge is 0.347 e. The molecule has 0 N–H and O–H groups in total. The molecule has 0 saturated carbocycles. The first kappa shape index (κ1) is 18.5. The summed E-state index contributed by atoms with van der Waals surface area (Å²) >= 11 is 3.64. The lowest BCUT2D eigenvalue weighted by Gasteiger charge is -2.03. The number of thiophene rings is 2. The van der Waals surface area contributed by atoms with Gasteiger partial charge < -0.3 is 9.13 Å². The summed E-state index contributed by atoms with van der Waals surface area (Å²) in [6.07, 6.45) is 1.92. The molecule has 0 bridgehead atoms. The third kappa shape index (κ3) is 3.26. The molecule has 0 aliphatic rings. The summed E-state index contributed by atoms with van der Waals surface area (Å²) in [7, 11) is 4.16. The molecule has 4 rings (SSSR count). The predicted octanol–water partition coefficient (Wildman–Crippen LogP) is 6.72. The molecule has 0 spiro atoms. The summed E-state index contributed by atoms with van der Waals surface area (Å²) in [6.45, 7) is 3.96. The van der Waals surface area contributed by atoms with E-state index in [9.17, 15) is 0 Å². The zero-order valence-electron chi connectivity index (χ0n) is 16.4. The summed E-state index contributed by atoms with van der Waals surface area (Å²) in [5, 5.41) is 9.02. The van der Waals surface area contributed by atoms with Gasteiger partial charge in [-0.3, -0.25) is 0 Å². The van der Waals surface area contributed by atoms with Gasteiger partial charge in [0.2, 0.25) is 0 Å². The maximum absolute atomic E-state index is 9.02. The molecule has 3 nitrogen and oxygen atoms in total. The quantitative estimate of drug-likeness (QED) is 0.348. The molecular formula is C23H21N3S2. The third-order valence-corrected chi connectivity index (χ3v) is 7.45. The van der Waals surface area contributed by atoms with Gasteiger partial charge in [0.05, 0.1) is 27.2 Å². The Morgan fingerprint density at radius 1 is 0.821 bits per heavy atom. The van der Waals surface area contributed by atoms with E-state index in [-0.39, 0.29) is 0 Å². The van der Waals surface area contributed by atoms with E-state index in [0.29, 0.717) is 5.57 Å². The van der Waals surface area contributed by atoms with Crippen molar-refractivity contribution in [2.75, 3.05) is 0 Å². The monoisotopic (exact) mass is 403 g/mol. The number of hydrogen-bond donors (Lipinski definition) is 0. The molecule has 0 unspecified atom stereocenters. The summed E-state index contributed by atoms with van der Waals surface area (Å²) in [6, 6.07) is 19.5. The number of aryl methyl sites for hydroxylation is 1. The van der Waals surface area contributed by atoms with Crippen LogP contribution in [-0.4, -0.2) is 9.13 Å². The van der Waals surface area contributed by atoms with E-state index in [4.69, 9.17) is 5.26 Å². The van der Waals surface area contributed by atoms with Gasteiger partial charge in [-0.2, -0.15) is 5.26 Å². The van der Waals surface area contributed by atoms with Gasteiger partial charge in [-0.1, -0.05) is 0 Å². The van der Waals surface area contributed by atoms with E-state index in [1.807, 2.05) is 31.4 Å². The topological polar surface area (TPSA) is 33.6 Å². The molecule has 5 heteroatoms. The van der Waals surface area contributed by atoms with Crippen molar-refractivity contribution in [2.24, 2.45) is 14.1 Å². The first-order chi connectivity index (χ1) is 13.5. The lowest BCUT2D eigenvalue weighted by atomic mass is 10.2. The van der Waals surface area contributed by atoms with Crippen LogP contribution in [0.25, 0.3) is 37.0 Å². The van der Waals surface area contributed by atoms with Gasteiger partial charge >= 0.3 is 0 Å². The number of nitrogens with zero attached hydrogens (tertiary/aromatic N) is 3. The summed E-state index contributed by atoms with van der Waals surface area (Å²) in [5.74, 6) is 0. The van der Waals surface area contributed by atoms with E-state index < -0.39 is 0 Å². The molecule has 0 atom stereocenters. The fraction of sp³-hybridized carbons (Fsp3) is 0.174. The highest BCUT2D eigenvalue weighted by Crippen LogP contribution is 2.40. The maximum atomic E-state index is 9.02. The van der Waals surface area contributed by atoms with Crippen molar-refractivity contribution in [3.05, 3.63) is 65.5 Å². The minimum absolute atomic E-state index is 0.710. The van der Waals surface area contributed by atoms with Crippen LogP contribution in [0.4, 0.5) is 0 Å². The summed E-state index contributed by atoms with van der Waals surface area (Å²) in [5.41, 5.74) is 5.45. The van der Waals surface area contributed by atoms with E-state index in [2.05, 4.69) is 77.7 Å². The van der Waals surface area contributed by atoms with E-state index >= 15 is 0 Å². The van der Waals surface area contributed by atoms with Gasteiger partial charge in [0.1, 0.15) is 0 Å². The van der Waals surface area contributed by atoms with Crippen LogP contribution in [0.3, 0.4) is 0 Å². The third-order valence-electron chi connectivity index (χ3n) is 5.03. The van der Waals surface area contributed by atoms with Crippen LogP contribution in [0.15, 0.2) is 54.1 Å². The van der Waals surface area contributed by atoms with Crippen molar-refractivity contribution in [1.29, 1.82) is 5.26 Å². The lowest BCUT2D eigenvalue weighted by Crippen LogP contribution is -1.92. The van der Waals surface area contributed by atoms with E-state index in [1.165, 1.54) is 36.6 Å². The Morgan fingerprint density at radius 3 is 1.89 bits per heavy atom. The average Bonchev–Trinajstić information content (AvgIpc) is 3.45. The van der Waals surface area contributed by atoms with Crippen LogP contribution < -0.4 is 0 Å². The van der Waals surface area contributed by atoms with Crippen LogP contribution in [-0.2, 0) is 14.1 Å². The fourth-order valence-corrected chi connectivity index (χ4v) is 5.47. The number of allylic oxidation sites excluding steroid dienone is 1. The highest BCUT2D eigenvalue weighted by Gasteiger charge is 2.13. The SMILES string of the molecule is C/C(C#N)=C/c1ccc(-c2ccc(-c3ccc(-c4ccc(C)n4C)s3)s2)n1C. The molecule has 0 radical (unpaired) electrons. The molecule has 0 aliphatic carbocycles. The molecule has 0 saturated heterocycles. The molecule has 0 amide bonds. The van der Waals surface area contributed by atoms with Crippen LogP contribution >= 0.6 is 22.7 Å². The number of nitriles is 1. The summed E-state index contributed by atoms with van der Waals surface area (Å²) in [4.78, 5) is 5.10. The average molecular weight is 404 g/mol. The Labute approximate surface area is 173 Å². The Kier molecular flexibility index (Phi) is 4.84. The molecule has 28 heavy (non-hydrogen) atoms. The second-order valence-electron chi connectivity index (χ2n) is 6.89. The summed E-state index contributed by atoms with van der Waals surface area (Å²) < 4.78 is 4.38. The van der Waals surface area contributed by atoms with Gasteiger partial charge in [-0.05, 0) is 68.5 Å². The van der Waals surface area contributed by atoms with Gasteiger partial charge in [-0.25, -0.2) is 0 Å². The van der Waals surface area contributed by atoms with Crippen LogP contribution in [0, 0.1) is 18.3 Å². The second-order valence-corrected chi connectivity index (χ2v) is 9.06. The molecule has 0 fully saturated rings. The Morgan fingerprint density at radius 2 is 1.36 bits per heavy atom. The highest BCUT2D eigenvalue weighted by molar-refractivity contribution is 7.25. The first-order valence-corrected chi connectivity index (χ1v) is 10.7. The standard InChI is InChI=1S/C23H21N3S2/c1-15(14-24)13-17-6-8-19(26(17)4)21-10-12-23(28-21)22-11-9-20(27-22)18-7-5-16(2)25(18)3/h5-13H,1-4H3/b15-13-. The van der Waals surface area contributed by atoms with Gasteiger partial charge in [0, 0.05) is 40.8 Å². The van der Waals surface area contributed by atoms with E-state index in [0.717, 1.165) is 5.69 Å². The van der Waals surface area contributed by atoms with Crippen molar-refractivity contribution < 1.29 is 0 Å². The first-order valence-electron chi connectivity index (χ1n) is 9.05. The van der Waals surface area contributed by atoms with Crippen molar-refractivity contribution in [2.45, 2.75) is 13.8 Å². The molecule has 4 heterocycles. The fourth-order valence-electron chi connectivity index (χ4n) is 3.25. The highest BCUT2D eigenvalue weighted by atomic mass is 32.1. The van der Waals surface area contributed by atoms with Crippen LogP contribution in [0.1, 0.15) is 18.3 Å². The number of aromatic nitrogens is 2. The van der Waals surface area contributed by atoms with Crippen LogP contribution in [0.2, 0.25) is 0 Å². The van der Waals surface area contributed by atoms with E-state index in [1.54, 1.807) is 11.3 Å². The Hall–Kier alpha value is -2.81. The van der Waals surface area contributed by atoms with Crippen molar-refractivity contribution in [3.8, 4) is 37.0 Å². The van der Waals surface area contributed by atoms with Gasteiger partial charge in [0.15, 0.2) is 0 Å². The Bertz CT molecular complexity index is 1220. The van der Waals surface area contributed by atoms with Gasteiger partial charge in [0.25, 0.3) is 0 Å². The molecule has 4 aromatic rings. The normalized spacial score (nSPS) is 11.8. The minimum atomic E-state index is 0.710. The number of hydrogen-bond acceptors (Lipinski definition) is 3. The molecule has 0 aliphatic heterocycles. The number of rotatable bonds is 4. The Balaban J connectivity index is 1.64. The molecule has 140 valence electrons. The zero-order chi connectivity index (χ0) is 19.8. The van der Waals surface area contributed by atoms with Crippen molar-refractivity contribution in [3.63, 3.8) is 0 Å². The molecule has 0 aromatic carbocycles. The minimum Gasteiger partial charge on any atom is -0.347 e. The molecule has 4 aromatic heterocycles. The van der Waals surface area contributed by atoms with Gasteiger partial charge in [-0.15, -0.1) is 22.7 Å². The lowest BCUT2D eigenvalue weighted by molar-refractivity contribution is 0.893. The smallest absolute Gasteiger partial charge is 0.0944 e.